The summed E-state index contributed by atoms with van der Waals surface area (Å²) in [6, 6.07) is 4.63. The molecule has 0 spiro atoms. The Hall–Kier alpha value is -1.93. The van der Waals surface area contributed by atoms with Crippen molar-refractivity contribution in [1.82, 2.24) is 15.1 Å². The molecule has 1 N–H and O–H groups in total. The Kier molecular flexibility index (Phi) is 6.40. The lowest BCUT2D eigenvalue weighted by Gasteiger charge is -2.15. The molecule has 5 nitrogen and oxygen atoms in total. The number of hydrogen-bond acceptors (Lipinski definition) is 3. The summed E-state index contributed by atoms with van der Waals surface area (Å²) in [5.41, 5.74) is 0.0806. The number of amides is 1. The van der Waals surface area contributed by atoms with E-state index in [0.29, 0.717) is 29.3 Å². The van der Waals surface area contributed by atoms with Crippen LogP contribution in [0, 0.1) is 0 Å². The molecule has 1 aromatic heterocycles. The van der Waals surface area contributed by atoms with Gasteiger partial charge in [0.25, 0.3) is 5.91 Å². The predicted octanol–water partition coefficient (Wildman–Crippen LogP) is 4.28. The van der Waals surface area contributed by atoms with Gasteiger partial charge in [-0.25, -0.2) is 0 Å². The highest BCUT2D eigenvalue weighted by molar-refractivity contribution is 6.35. The number of carbonyl (C=O) groups is 1. The lowest BCUT2D eigenvalue weighted by Crippen LogP contribution is -2.32. The second-order valence-corrected chi connectivity index (χ2v) is 7.26. The van der Waals surface area contributed by atoms with Gasteiger partial charge in [0.1, 0.15) is 5.75 Å². The van der Waals surface area contributed by atoms with Crippen LogP contribution in [0.25, 0.3) is 0 Å². The van der Waals surface area contributed by atoms with Gasteiger partial charge in [0.05, 0.1) is 11.6 Å². The van der Waals surface area contributed by atoms with Crippen LogP contribution in [0.3, 0.4) is 0 Å². The highest BCUT2D eigenvalue weighted by Crippen LogP contribution is 2.35. The number of halogens is 5. The van der Waals surface area contributed by atoms with Crippen LogP contribution in [0.4, 0.5) is 13.2 Å². The van der Waals surface area contributed by atoms with Crippen molar-refractivity contribution < 1.29 is 22.7 Å². The van der Waals surface area contributed by atoms with E-state index in [4.69, 9.17) is 27.9 Å². The largest absolute Gasteiger partial charge is 0.482 e. The molecule has 0 aliphatic heterocycles. The van der Waals surface area contributed by atoms with Gasteiger partial charge in [-0.3, -0.25) is 9.48 Å². The maximum atomic E-state index is 13.2. The lowest BCUT2D eigenvalue weighted by atomic mass is 9.95. The monoisotopic (exact) mass is 435 g/mol. The molecule has 0 unspecified atom stereocenters. The van der Waals surface area contributed by atoms with Crippen molar-refractivity contribution in [3.8, 4) is 5.75 Å². The smallest absolute Gasteiger partial charge is 0.435 e. The average Bonchev–Trinajstić information content (AvgIpc) is 3.00. The third-order valence-electron chi connectivity index (χ3n) is 4.42. The van der Waals surface area contributed by atoms with Crippen LogP contribution in [0.2, 0.25) is 10.0 Å². The molecule has 0 saturated heterocycles. The summed E-state index contributed by atoms with van der Waals surface area (Å²) in [6.45, 7) is 0.0280. The Morgan fingerprint density at radius 2 is 2.00 bits per heavy atom. The molecule has 2 aromatic rings. The number of ether oxygens (including phenoxy) is 1. The van der Waals surface area contributed by atoms with E-state index in [0.717, 1.165) is 12.8 Å². The first-order valence-electron chi connectivity index (χ1n) is 8.76. The Balaban J connectivity index is 1.55. The topological polar surface area (TPSA) is 56.1 Å². The van der Waals surface area contributed by atoms with E-state index in [1.807, 2.05) is 0 Å². The molecule has 0 atom stereocenters. The summed E-state index contributed by atoms with van der Waals surface area (Å²) in [4.78, 5) is 11.9. The number of fused-ring (bicyclic) bond motifs is 1. The number of carbonyl (C=O) groups excluding carboxylic acids is 1. The van der Waals surface area contributed by atoms with Crippen LogP contribution in [-0.2, 0) is 30.4 Å². The molecule has 1 amide bonds. The van der Waals surface area contributed by atoms with Crippen LogP contribution in [0.5, 0.6) is 5.75 Å². The fraction of sp³-hybridized carbons (Fsp3) is 0.444. The zero-order valence-electron chi connectivity index (χ0n) is 14.8. The summed E-state index contributed by atoms with van der Waals surface area (Å²) < 4.78 is 46.2. The Morgan fingerprint density at radius 1 is 1.25 bits per heavy atom. The molecule has 1 heterocycles. The van der Waals surface area contributed by atoms with Gasteiger partial charge in [0.2, 0.25) is 0 Å². The second kappa shape index (κ2) is 8.61. The van der Waals surface area contributed by atoms with E-state index in [1.54, 1.807) is 12.1 Å². The van der Waals surface area contributed by atoms with Crippen LogP contribution in [0.1, 0.15) is 29.8 Å². The number of aromatic nitrogens is 2. The maximum Gasteiger partial charge on any atom is 0.435 e. The van der Waals surface area contributed by atoms with E-state index >= 15 is 0 Å². The Morgan fingerprint density at radius 3 is 2.71 bits per heavy atom. The first-order chi connectivity index (χ1) is 13.3. The minimum Gasteiger partial charge on any atom is -0.482 e. The molecule has 0 radical (unpaired) electrons. The molecule has 1 aromatic carbocycles. The zero-order chi connectivity index (χ0) is 20.3. The van der Waals surface area contributed by atoms with Gasteiger partial charge in [-0.1, -0.05) is 23.2 Å². The molecular weight excluding hydrogens is 418 g/mol. The standard InChI is InChI=1S/C18H18Cl2F3N3O2/c19-11-5-6-15(13(20)9-11)28-10-16(27)24-7-8-26-14-4-2-1-3-12(14)17(25-26)18(21,22)23/h5-6,9H,1-4,7-8,10H2,(H,24,27). The van der Waals surface area contributed by atoms with Crippen LogP contribution in [0.15, 0.2) is 18.2 Å². The van der Waals surface area contributed by atoms with Gasteiger partial charge in [0, 0.05) is 22.8 Å². The summed E-state index contributed by atoms with van der Waals surface area (Å²) in [5.74, 6) is -0.0970. The van der Waals surface area contributed by atoms with Crippen molar-refractivity contribution in [2.45, 2.75) is 38.4 Å². The number of nitrogens with zero attached hydrogens (tertiary/aromatic N) is 2. The van der Waals surface area contributed by atoms with Gasteiger partial charge in [0.15, 0.2) is 12.3 Å². The van der Waals surface area contributed by atoms with Gasteiger partial charge < -0.3 is 10.1 Å². The van der Waals surface area contributed by atoms with E-state index in [9.17, 15) is 18.0 Å². The maximum absolute atomic E-state index is 13.2. The van der Waals surface area contributed by atoms with Crippen molar-refractivity contribution in [2.24, 2.45) is 0 Å². The summed E-state index contributed by atoms with van der Waals surface area (Å²) in [6.07, 6.45) is -1.97. The van der Waals surface area contributed by atoms with Crippen molar-refractivity contribution in [1.29, 1.82) is 0 Å². The molecule has 1 aliphatic carbocycles. The van der Waals surface area contributed by atoms with Crippen LogP contribution >= 0.6 is 23.2 Å². The van der Waals surface area contributed by atoms with E-state index in [-0.39, 0.29) is 30.3 Å². The van der Waals surface area contributed by atoms with Crippen molar-refractivity contribution in [3.05, 3.63) is 45.2 Å². The molecule has 152 valence electrons. The average molecular weight is 436 g/mol. The SMILES string of the molecule is O=C(COc1ccc(Cl)cc1Cl)NCCn1nc(C(F)(F)F)c2c1CCCC2. The quantitative estimate of drug-likeness (QED) is 0.736. The second-order valence-electron chi connectivity index (χ2n) is 6.42. The first kappa shape index (κ1) is 20.8. The van der Waals surface area contributed by atoms with E-state index < -0.39 is 17.8 Å². The summed E-state index contributed by atoms with van der Waals surface area (Å²) in [5, 5.41) is 7.09. The third kappa shape index (κ3) is 4.91. The molecular formula is C18H18Cl2F3N3O2. The van der Waals surface area contributed by atoms with Gasteiger partial charge >= 0.3 is 6.18 Å². The predicted molar refractivity (Wildman–Crippen MR) is 98.8 cm³/mol. The van der Waals surface area contributed by atoms with E-state index in [1.165, 1.54) is 10.7 Å². The zero-order valence-corrected chi connectivity index (χ0v) is 16.3. The number of rotatable bonds is 6. The Labute approximate surface area is 169 Å². The van der Waals surface area contributed by atoms with Gasteiger partial charge in [-0.05, 0) is 43.9 Å². The molecule has 0 fully saturated rings. The highest BCUT2D eigenvalue weighted by atomic mass is 35.5. The summed E-state index contributed by atoms with van der Waals surface area (Å²) in [7, 11) is 0. The van der Waals surface area contributed by atoms with Gasteiger partial charge in [-0.2, -0.15) is 18.3 Å². The number of alkyl halides is 3. The van der Waals surface area contributed by atoms with Crippen molar-refractivity contribution in [3.63, 3.8) is 0 Å². The van der Waals surface area contributed by atoms with Crippen molar-refractivity contribution in [2.75, 3.05) is 13.2 Å². The Bertz CT molecular complexity index is 868. The first-order valence-corrected chi connectivity index (χ1v) is 9.51. The minimum absolute atomic E-state index is 0.141. The van der Waals surface area contributed by atoms with E-state index in [2.05, 4.69) is 10.4 Å². The van der Waals surface area contributed by atoms with Crippen LogP contribution in [-0.4, -0.2) is 28.8 Å². The number of benzene rings is 1. The van der Waals surface area contributed by atoms with Crippen molar-refractivity contribution >= 4 is 29.1 Å². The third-order valence-corrected chi connectivity index (χ3v) is 4.95. The molecule has 0 saturated carbocycles. The number of hydrogen-bond donors (Lipinski definition) is 1. The van der Waals surface area contributed by atoms with Crippen LogP contribution < -0.4 is 10.1 Å². The molecule has 1 aliphatic rings. The molecule has 3 rings (SSSR count). The molecule has 0 bridgehead atoms. The number of nitrogens with one attached hydrogen (secondary N) is 1. The fourth-order valence-corrected chi connectivity index (χ4v) is 3.63. The molecule has 10 heteroatoms. The lowest BCUT2D eigenvalue weighted by molar-refractivity contribution is -0.142. The summed E-state index contributed by atoms with van der Waals surface area (Å²) >= 11 is 11.7. The minimum atomic E-state index is -4.47. The van der Waals surface area contributed by atoms with Gasteiger partial charge in [-0.15, -0.1) is 0 Å². The fourth-order valence-electron chi connectivity index (χ4n) is 3.17. The normalized spacial score (nSPS) is 13.9. The molecule has 28 heavy (non-hydrogen) atoms. The highest BCUT2D eigenvalue weighted by Gasteiger charge is 2.39.